The Balaban J connectivity index is 1.13. The molecule has 3 N–H and O–H groups in total. The summed E-state index contributed by atoms with van der Waals surface area (Å²) in [6.45, 7) is 5.73. The van der Waals surface area contributed by atoms with Crippen molar-refractivity contribution in [3.8, 4) is 0 Å². The van der Waals surface area contributed by atoms with Gasteiger partial charge >= 0.3 is 6.09 Å². The van der Waals surface area contributed by atoms with Crippen molar-refractivity contribution in [2.75, 3.05) is 70.6 Å². The molecule has 43 heavy (non-hydrogen) atoms. The summed E-state index contributed by atoms with van der Waals surface area (Å²) in [5.41, 5.74) is 0.0523. The van der Waals surface area contributed by atoms with Crippen LogP contribution in [0.1, 0.15) is 44.6 Å². The van der Waals surface area contributed by atoms with Gasteiger partial charge in [0.2, 0.25) is 11.8 Å². The number of aromatic nitrogens is 3. The van der Waals surface area contributed by atoms with Crippen LogP contribution in [0.5, 0.6) is 0 Å². The highest BCUT2D eigenvalue weighted by atomic mass is 19.1. The first-order valence-electron chi connectivity index (χ1n) is 14.9. The Labute approximate surface area is 250 Å². The van der Waals surface area contributed by atoms with Crippen molar-refractivity contribution in [1.82, 2.24) is 34.6 Å². The van der Waals surface area contributed by atoms with Gasteiger partial charge in [-0.05, 0) is 32.9 Å². The Morgan fingerprint density at radius 2 is 1.95 bits per heavy atom. The van der Waals surface area contributed by atoms with Gasteiger partial charge in [0, 0.05) is 56.3 Å². The summed E-state index contributed by atoms with van der Waals surface area (Å²) in [5, 5.41) is 14.4. The summed E-state index contributed by atoms with van der Waals surface area (Å²) in [4.78, 5) is 46.3. The zero-order valence-electron chi connectivity index (χ0n) is 25.3. The van der Waals surface area contributed by atoms with Gasteiger partial charge in [-0.25, -0.2) is 14.2 Å². The summed E-state index contributed by atoms with van der Waals surface area (Å²) < 4.78 is 22.1. The third-order valence-electron chi connectivity index (χ3n) is 8.00. The number of anilines is 2. The van der Waals surface area contributed by atoms with E-state index < -0.39 is 11.8 Å². The number of hydrogen-bond acceptors (Lipinski definition) is 9. The summed E-state index contributed by atoms with van der Waals surface area (Å²) in [6, 6.07) is 1.94. The number of nitrogens with zero attached hydrogens (tertiary/aromatic N) is 6. The maximum absolute atomic E-state index is 15.0. The van der Waals surface area contributed by atoms with E-state index >= 15 is 0 Å². The summed E-state index contributed by atoms with van der Waals surface area (Å²) in [5.74, 6) is 1.45. The topological polar surface area (TPSA) is 136 Å². The number of ether oxygens (including phenoxy) is 1. The molecule has 0 radical (unpaired) electrons. The highest BCUT2D eigenvalue weighted by Crippen LogP contribution is 2.28. The lowest BCUT2D eigenvalue weighted by Gasteiger charge is -2.43. The smallest absolute Gasteiger partial charge is 0.409 e. The molecule has 0 aromatic carbocycles. The zero-order valence-corrected chi connectivity index (χ0v) is 25.3. The molecule has 2 aromatic heterocycles. The van der Waals surface area contributed by atoms with E-state index in [9.17, 15) is 18.8 Å². The van der Waals surface area contributed by atoms with Gasteiger partial charge in [-0.3, -0.25) is 9.59 Å². The fraction of sp³-hybridized carbons (Fsp3) is 0.621. The average molecular weight is 600 g/mol. The predicted octanol–water partition coefficient (Wildman–Crippen LogP) is 1.83. The standard InChI is InChI=1S/C29H42FN9O4/c1-19(2)22-15-32-39-24(13-23(35-27(22)39)33-21-12-25(40)31-14-21)34-20-7-10-37(11-8-20)28(42)43-18-29(30)16-38(17-29)26(41)6-5-9-36(3)4/h5-6,13,15,19-21,34H,7-12,14,16-18H2,1-4H3,(H,31,40)(H,33,35)/b6-5+/t21-/m1/s1. The second-order valence-electron chi connectivity index (χ2n) is 12.3. The first-order valence-corrected chi connectivity index (χ1v) is 14.9. The normalized spacial score (nSPS) is 20.6. The van der Waals surface area contributed by atoms with Crippen LogP contribution in [0, 0.1) is 0 Å². The third-order valence-corrected chi connectivity index (χ3v) is 8.00. The van der Waals surface area contributed by atoms with E-state index in [4.69, 9.17) is 9.72 Å². The van der Waals surface area contributed by atoms with E-state index in [0.29, 0.717) is 51.3 Å². The number of likely N-dealkylation sites (tertiary alicyclic amines) is 2. The Hall–Kier alpha value is -3.94. The number of amides is 3. The minimum Gasteiger partial charge on any atom is -0.446 e. The first kappa shape index (κ1) is 30.5. The highest BCUT2D eigenvalue weighted by Gasteiger charge is 2.46. The maximum atomic E-state index is 15.0. The molecule has 5 rings (SSSR count). The van der Waals surface area contributed by atoms with Crippen LogP contribution in [0.25, 0.3) is 5.65 Å². The molecule has 0 spiro atoms. The number of nitrogens with one attached hydrogen (secondary N) is 3. The lowest BCUT2D eigenvalue weighted by atomic mass is 9.97. The Morgan fingerprint density at radius 1 is 1.21 bits per heavy atom. The Morgan fingerprint density at radius 3 is 2.60 bits per heavy atom. The summed E-state index contributed by atoms with van der Waals surface area (Å²) in [7, 11) is 3.79. The van der Waals surface area contributed by atoms with E-state index in [1.165, 1.54) is 11.0 Å². The number of rotatable bonds is 10. The number of alkyl halides is 1. The van der Waals surface area contributed by atoms with Crippen molar-refractivity contribution >= 4 is 35.2 Å². The molecule has 13 nitrogen and oxygen atoms in total. The average Bonchev–Trinajstić information content (AvgIpc) is 3.56. The maximum Gasteiger partial charge on any atom is 0.409 e. The number of hydrogen-bond donors (Lipinski definition) is 3. The lowest BCUT2D eigenvalue weighted by molar-refractivity contribution is -0.143. The van der Waals surface area contributed by atoms with Gasteiger partial charge in [-0.2, -0.15) is 9.61 Å². The summed E-state index contributed by atoms with van der Waals surface area (Å²) >= 11 is 0. The van der Waals surface area contributed by atoms with Gasteiger partial charge in [-0.15, -0.1) is 0 Å². The van der Waals surface area contributed by atoms with E-state index in [0.717, 1.165) is 17.0 Å². The van der Waals surface area contributed by atoms with Crippen molar-refractivity contribution in [2.45, 2.75) is 56.8 Å². The molecule has 1 atom stereocenters. The Bertz CT molecular complexity index is 1360. The van der Waals surface area contributed by atoms with E-state index in [1.54, 1.807) is 15.5 Å². The number of likely N-dealkylation sites (N-methyl/N-ethyl adjacent to an activating group) is 1. The van der Waals surface area contributed by atoms with Crippen LogP contribution in [0.3, 0.4) is 0 Å². The molecule has 5 heterocycles. The monoisotopic (exact) mass is 599 g/mol. The molecule has 3 aliphatic rings. The molecule has 3 aliphatic heterocycles. The van der Waals surface area contributed by atoms with E-state index in [-0.39, 0.29) is 49.5 Å². The molecule has 234 valence electrons. The van der Waals surface area contributed by atoms with Crippen molar-refractivity contribution < 1.29 is 23.5 Å². The molecular formula is C29H42FN9O4. The molecule has 3 fully saturated rings. The molecule has 0 unspecified atom stereocenters. The molecule has 3 saturated heterocycles. The van der Waals surface area contributed by atoms with Crippen LogP contribution in [-0.4, -0.2) is 125 Å². The molecule has 14 heteroatoms. The molecule has 0 aliphatic carbocycles. The van der Waals surface area contributed by atoms with Crippen LogP contribution in [0.15, 0.2) is 24.4 Å². The number of carbonyl (C=O) groups is 3. The van der Waals surface area contributed by atoms with E-state index in [2.05, 4.69) is 34.9 Å². The SMILES string of the molecule is CC(C)c1cnn2c(NC3CCN(C(=O)OCC4(F)CN(C(=O)/C=C/CN(C)C)C4)CC3)cc(N[C@H]3CNC(=O)C3)nc12. The van der Waals surface area contributed by atoms with Gasteiger partial charge in [0.05, 0.1) is 25.3 Å². The highest BCUT2D eigenvalue weighted by molar-refractivity contribution is 5.88. The zero-order chi connectivity index (χ0) is 30.7. The molecule has 2 aromatic rings. The van der Waals surface area contributed by atoms with Gasteiger partial charge in [0.15, 0.2) is 11.3 Å². The largest absolute Gasteiger partial charge is 0.446 e. The number of carbonyl (C=O) groups excluding carboxylic acids is 3. The van der Waals surface area contributed by atoms with Gasteiger partial charge in [-0.1, -0.05) is 19.9 Å². The van der Waals surface area contributed by atoms with Gasteiger partial charge in [0.25, 0.3) is 0 Å². The van der Waals surface area contributed by atoms with Crippen LogP contribution in [-0.2, 0) is 14.3 Å². The molecular weight excluding hydrogens is 557 g/mol. The number of halogens is 1. The van der Waals surface area contributed by atoms with Crippen LogP contribution in [0.4, 0.5) is 20.8 Å². The number of fused-ring (bicyclic) bond motifs is 1. The lowest BCUT2D eigenvalue weighted by Crippen LogP contribution is -2.63. The molecule has 0 saturated carbocycles. The predicted molar refractivity (Wildman–Crippen MR) is 160 cm³/mol. The van der Waals surface area contributed by atoms with Crippen molar-refractivity contribution in [3.63, 3.8) is 0 Å². The molecule has 3 amide bonds. The second kappa shape index (κ2) is 12.7. The first-order chi connectivity index (χ1) is 20.5. The van der Waals surface area contributed by atoms with Crippen LogP contribution < -0.4 is 16.0 Å². The quantitative estimate of drug-likeness (QED) is 0.350. The summed E-state index contributed by atoms with van der Waals surface area (Å²) in [6.07, 6.45) is 6.21. The molecule has 0 bridgehead atoms. The van der Waals surface area contributed by atoms with Gasteiger partial charge in [0.1, 0.15) is 18.2 Å². The second-order valence-corrected chi connectivity index (χ2v) is 12.3. The third kappa shape index (κ3) is 7.35. The van der Waals surface area contributed by atoms with Crippen molar-refractivity contribution in [1.29, 1.82) is 0 Å². The Kier molecular flexibility index (Phi) is 9.04. The van der Waals surface area contributed by atoms with Crippen LogP contribution >= 0.6 is 0 Å². The van der Waals surface area contributed by atoms with Gasteiger partial charge < -0.3 is 35.4 Å². The fourth-order valence-electron chi connectivity index (χ4n) is 5.53. The number of piperidine rings is 1. The van der Waals surface area contributed by atoms with Crippen molar-refractivity contribution in [3.05, 3.63) is 30.0 Å². The van der Waals surface area contributed by atoms with E-state index in [1.807, 2.05) is 31.3 Å². The van der Waals surface area contributed by atoms with Crippen molar-refractivity contribution in [2.24, 2.45) is 0 Å². The fourth-order valence-corrected chi connectivity index (χ4v) is 5.53. The van der Waals surface area contributed by atoms with Crippen LogP contribution in [0.2, 0.25) is 0 Å². The minimum atomic E-state index is -1.72. The minimum absolute atomic E-state index is 0.0180.